The molecular weight excluding hydrogens is 505 g/mol. The van der Waals surface area contributed by atoms with Crippen molar-refractivity contribution in [3.05, 3.63) is 112 Å². The van der Waals surface area contributed by atoms with Crippen molar-refractivity contribution in [1.29, 1.82) is 0 Å². The molecule has 1 N–H and O–H groups in total. The number of hydrogen-bond donors (Lipinski definition) is 1. The van der Waals surface area contributed by atoms with E-state index in [1.807, 2.05) is 72.8 Å². The molecule has 0 spiro atoms. The molecule has 0 unspecified atom stereocenters. The van der Waals surface area contributed by atoms with Gasteiger partial charge in [0.2, 0.25) is 5.91 Å². The molecule has 2 heterocycles. The van der Waals surface area contributed by atoms with Gasteiger partial charge in [0.15, 0.2) is 0 Å². The maximum atomic E-state index is 12.5. The first-order valence-electron chi connectivity index (χ1n) is 12.2. The first-order chi connectivity index (χ1) is 18.0. The predicted molar refractivity (Wildman–Crippen MR) is 152 cm³/mol. The van der Waals surface area contributed by atoms with Crippen LogP contribution in [-0.4, -0.2) is 37.0 Å². The second-order valence-corrected chi connectivity index (χ2v) is 9.73. The van der Waals surface area contributed by atoms with Crippen molar-refractivity contribution in [2.75, 3.05) is 36.4 Å². The number of carbonyl (C=O) groups excluding carboxylic acids is 1. The Morgan fingerprint density at radius 3 is 2.38 bits per heavy atom. The molecule has 0 radical (unpaired) electrons. The predicted octanol–water partition coefficient (Wildman–Crippen LogP) is 7.23. The third-order valence-electron chi connectivity index (χ3n) is 6.36. The van der Waals surface area contributed by atoms with Gasteiger partial charge in [0.1, 0.15) is 11.5 Å². The van der Waals surface area contributed by atoms with Crippen LogP contribution in [0.15, 0.2) is 95.4 Å². The molecule has 1 saturated heterocycles. The summed E-state index contributed by atoms with van der Waals surface area (Å²) in [5.74, 6) is 1.11. The van der Waals surface area contributed by atoms with Crippen LogP contribution in [0.5, 0.6) is 0 Å². The van der Waals surface area contributed by atoms with Crippen molar-refractivity contribution >= 4 is 46.6 Å². The zero-order valence-corrected chi connectivity index (χ0v) is 21.8. The minimum Gasteiger partial charge on any atom is -0.457 e. The van der Waals surface area contributed by atoms with E-state index >= 15 is 0 Å². The van der Waals surface area contributed by atoms with Gasteiger partial charge in [-0.15, -0.1) is 0 Å². The number of rotatable bonds is 7. The molecule has 4 aromatic rings. The smallest absolute Gasteiger partial charge is 0.248 e. The number of nitrogens with one attached hydrogen (secondary N) is 1. The van der Waals surface area contributed by atoms with Crippen molar-refractivity contribution in [3.8, 4) is 11.3 Å². The van der Waals surface area contributed by atoms with Gasteiger partial charge >= 0.3 is 0 Å². The summed E-state index contributed by atoms with van der Waals surface area (Å²) in [6, 6.07) is 27.2. The fraction of sp³-hybridized carbons (Fsp3) is 0.167. The summed E-state index contributed by atoms with van der Waals surface area (Å²) in [6.45, 7) is 4.41. The number of benzene rings is 3. The van der Waals surface area contributed by atoms with Gasteiger partial charge in [-0.2, -0.15) is 0 Å². The summed E-state index contributed by atoms with van der Waals surface area (Å²) in [5.41, 5.74) is 3.75. The van der Waals surface area contributed by atoms with Gasteiger partial charge < -0.3 is 14.6 Å². The van der Waals surface area contributed by atoms with E-state index in [9.17, 15) is 4.79 Å². The molecule has 5 nitrogen and oxygen atoms in total. The highest BCUT2D eigenvalue weighted by Gasteiger charge is 2.20. The second-order valence-electron chi connectivity index (χ2n) is 8.91. The summed E-state index contributed by atoms with van der Waals surface area (Å²) in [6.07, 6.45) is 3.10. The number of hydrogen-bond acceptors (Lipinski definition) is 4. The molecule has 1 aliphatic heterocycles. The first-order valence-corrected chi connectivity index (χ1v) is 13.0. The number of carbonyl (C=O) groups is 1. The number of nitrogens with zero attached hydrogens (tertiary/aromatic N) is 2. The van der Waals surface area contributed by atoms with Crippen LogP contribution in [0.1, 0.15) is 11.3 Å². The number of halogens is 2. The van der Waals surface area contributed by atoms with Crippen molar-refractivity contribution in [2.45, 2.75) is 6.54 Å². The molecule has 0 bridgehead atoms. The molecule has 188 valence electrons. The molecule has 0 aliphatic carbocycles. The Labute approximate surface area is 226 Å². The number of anilines is 2. The Morgan fingerprint density at radius 1 is 0.865 bits per heavy atom. The topological polar surface area (TPSA) is 48.7 Å². The monoisotopic (exact) mass is 531 g/mol. The molecule has 3 aromatic carbocycles. The van der Waals surface area contributed by atoms with Crippen LogP contribution in [0.2, 0.25) is 10.0 Å². The van der Waals surface area contributed by atoms with Crippen LogP contribution in [0.3, 0.4) is 0 Å². The third-order valence-corrected chi connectivity index (χ3v) is 7.04. The van der Waals surface area contributed by atoms with Gasteiger partial charge in [0, 0.05) is 55.1 Å². The SMILES string of the molecule is O=C(/C=C/c1ccc(-c2ccccc2)o1)Nc1ccc(N2CCN(Cc3ccccc3Cl)CC2)c(Cl)c1. The third kappa shape index (κ3) is 6.44. The lowest BCUT2D eigenvalue weighted by Crippen LogP contribution is -2.46. The van der Waals surface area contributed by atoms with Crippen molar-refractivity contribution in [2.24, 2.45) is 0 Å². The fourth-order valence-electron chi connectivity index (χ4n) is 4.40. The molecule has 0 atom stereocenters. The summed E-state index contributed by atoms with van der Waals surface area (Å²) in [7, 11) is 0. The molecular formula is C30H27Cl2N3O2. The zero-order valence-electron chi connectivity index (χ0n) is 20.2. The second kappa shape index (κ2) is 11.7. The maximum Gasteiger partial charge on any atom is 0.248 e. The lowest BCUT2D eigenvalue weighted by Gasteiger charge is -2.36. The van der Waals surface area contributed by atoms with E-state index in [2.05, 4.69) is 21.2 Å². The van der Waals surface area contributed by atoms with E-state index in [0.717, 1.165) is 60.3 Å². The maximum absolute atomic E-state index is 12.5. The summed E-state index contributed by atoms with van der Waals surface area (Å²) >= 11 is 12.9. The average Bonchev–Trinajstić information content (AvgIpc) is 3.39. The van der Waals surface area contributed by atoms with Gasteiger partial charge in [-0.25, -0.2) is 0 Å². The molecule has 37 heavy (non-hydrogen) atoms. The van der Waals surface area contributed by atoms with E-state index in [1.54, 1.807) is 12.1 Å². The quantitative estimate of drug-likeness (QED) is 0.255. The van der Waals surface area contributed by atoms with Crippen molar-refractivity contribution in [1.82, 2.24) is 4.90 Å². The highest BCUT2D eigenvalue weighted by Crippen LogP contribution is 2.30. The number of amides is 1. The summed E-state index contributed by atoms with van der Waals surface area (Å²) in [4.78, 5) is 17.1. The molecule has 1 fully saturated rings. The Balaban J connectivity index is 1.14. The summed E-state index contributed by atoms with van der Waals surface area (Å²) < 4.78 is 5.82. The molecule has 1 amide bonds. The Hall–Kier alpha value is -3.51. The van der Waals surface area contributed by atoms with Gasteiger partial charge in [-0.05, 0) is 48.0 Å². The number of piperazine rings is 1. The normalized spacial score (nSPS) is 14.3. The van der Waals surface area contributed by atoms with Gasteiger partial charge in [0.05, 0.1) is 10.7 Å². The van der Waals surface area contributed by atoms with Crippen LogP contribution in [-0.2, 0) is 11.3 Å². The van der Waals surface area contributed by atoms with E-state index in [1.165, 1.54) is 6.08 Å². The lowest BCUT2D eigenvalue weighted by molar-refractivity contribution is -0.111. The average molecular weight is 532 g/mol. The molecule has 1 aromatic heterocycles. The molecule has 1 aliphatic rings. The first kappa shape index (κ1) is 25.2. The minimum atomic E-state index is -0.255. The minimum absolute atomic E-state index is 0.255. The molecule has 0 saturated carbocycles. The largest absolute Gasteiger partial charge is 0.457 e. The van der Waals surface area contributed by atoms with Crippen molar-refractivity contribution < 1.29 is 9.21 Å². The van der Waals surface area contributed by atoms with Gasteiger partial charge in [-0.3, -0.25) is 9.69 Å². The highest BCUT2D eigenvalue weighted by atomic mass is 35.5. The van der Waals surface area contributed by atoms with Crippen LogP contribution in [0.4, 0.5) is 11.4 Å². The fourth-order valence-corrected chi connectivity index (χ4v) is 4.89. The van der Waals surface area contributed by atoms with Crippen LogP contribution in [0, 0.1) is 0 Å². The Bertz CT molecular complexity index is 1390. The van der Waals surface area contributed by atoms with E-state index < -0.39 is 0 Å². The summed E-state index contributed by atoms with van der Waals surface area (Å²) in [5, 5.41) is 4.29. The van der Waals surface area contributed by atoms with E-state index in [4.69, 9.17) is 27.6 Å². The standard InChI is InChI=1S/C30H27Cl2N3O2/c31-26-9-5-4-8-23(26)21-34-16-18-35(19-17-34)28-13-10-24(20-27(28)32)33-30(36)15-12-25-11-14-29(37-25)22-6-2-1-3-7-22/h1-15,20H,16-19,21H2,(H,33,36)/b15-12+. The van der Waals surface area contributed by atoms with Gasteiger partial charge in [0.25, 0.3) is 0 Å². The van der Waals surface area contributed by atoms with Crippen molar-refractivity contribution in [3.63, 3.8) is 0 Å². The zero-order chi connectivity index (χ0) is 25.6. The molecule has 5 rings (SSSR count). The Morgan fingerprint density at radius 2 is 1.62 bits per heavy atom. The Kier molecular flexibility index (Phi) is 7.95. The van der Waals surface area contributed by atoms with Gasteiger partial charge in [-0.1, -0.05) is 71.7 Å². The van der Waals surface area contributed by atoms with E-state index in [0.29, 0.717) is 16.5 Å². The highest BCUT2D eigenvalue weighted by molar-refractivity contribution is 6.33. The van der Waals surface area contributed by atoms with Crippen LogP contribution >= 0.6 is 23.2 Å². The molecule has 7 heteroatoms. The lowest BCUT2D eigenvalue weighted by atomic mass is 10.2. The number of furan rings is 1. The van der Waals surface area contributed by atoms with Crippen LogP contribution in [0.25, 0.3) is 17.4 Å². The van der Waals surface area contributed by atoms with E-state index in [-0.39, 0.29) is 5.91 Å². The van der Waals surface area contributed by atoms with Crippen LogP contribution < -0.4 is 10.2 Å².